The lowest BCUT2D eigenvalue weighted by Crippen LogP contribution is -1.89. The van der Waals surface area contributed by atoms with E-state index in [1.165, 1.54) is 22.7 Å². The Balaban J connectivity index is 0.989. The van der Waals surface area contributed by atoms with Crippen molar-refractivity contribution in [2.45, 2.75) is 0 Å². The molecular formula is C38H22N8S2. The fraction of sp³-hybridized carbons (Fsp3) is 0. The molecule has 10 heteroatoms. The molecule has 226 valence electrons. The average molecular weight is 655 g/mol. The van der Waals surface area contributed by atoms with Gasteiger partial charge in [0.25, 0.3) is 0 Å². The second-order valence-corrected chi connectivity index (χ2v) is 12.9. The lowest BCUT2D eigenvalue weighted by atomic mass is 10.1. The van der Waals surface area contributed by atoms with Crippen LogP contribution in [0.3, 0.4) is 0 Å². The Bertz CT molecular complexity index is 2400. The maximum Gasteiger partial charge on any atom is 0.166 e. The molecule has 0 saturated carbocycles. The first-order chi connectivity index (χ1) is 23.7. The lowest BCUT2D eigenvalue weighted by molar-refractivity contribution is 1.08. The summed E-state index contributed by atoms with van der Waals surface area (Å²) in [6.45, 7) is 0. The summed E-state index contributed by atoms with van der Waals surface area (Å²) < 4.78 is 0. The van der Waals surface area contributed by atoms with Crippen LogP contribution in [-0.2, 0) is 0 Å². The second kappa shape index (κ2) is 11.9. The summed E-state index contributed by atoms with van der Waals surface area (Å²) in [5.41, 5.74) is 8.73. The normalized spacial score (nSPS) is 11.3. The second-order valence-electron chi connectivity index (χ2n) is 11.0. The molecule has 0 radical (unpaired) electrons. The summed E-state index contributed by atoms with van der Waals surface area (Å²) in [5.74, 6) is 0. The molecule has 8 nitrogen and oxygen atoms in total. The molecule has 0 N–H and O–H groups in total. The number of hydrogen-bond donors (Lipinski definition) is 0. The summed E-state index contributed by atoms with van der Waals surface area (Å²) in [5, 5.41) is 22.8. The molecule has 0 aliphatic heterocycles. The molecule has 0 atom stereocenters. The number of rotatable bonds is 6. The zero-order valence-electron chi connectivity index (χ0n) is 25.1. The van der Waals surface area contributed by atoms with E-state index in [9.17, 15) is 0 Å². The molecule has 0 aliphatic rings. The number of pyridine rings is 4. The molecule has 6 heterocycles. The molecule has 6 aromatic heterocycles. The van der Waals surface area contributed by atoms with Crippen molar-refractivity contribution < 1.29 is 0 Å². The third kappa shape index (κ3) is 5.28. The fourth-order valence-electron chi connectivity index (χ4n) is 5.56. The van der Waals surface area contributed by atoms with E-state index in [-0.39, 0.29) is 0 Å². The van der Waals surface area contributed by atoms with Crippen molar-refractivity contribution in [1.29, 1.82) is 0 Å². The predicted molar refractivity (Wildman–Crippen MR) is 192 cm³/mol. The van der Waals surface area contributed by atoms with Crippen LogP contribution in [0, 0.1) is 0 Å². The van der Waals surface area contributed by atoms with Crippen molar-refractivity contribution >= 4 is 44.5 Å². The van der Waals surface area contributed by atoms with Crippen molar-refractivity contribution in [3.05, 3.63) is 133 Å². The monoisotopic (exact) mass is 654 g/mol. The van der Waals surface area contributed by atoms with Crippen LogP contribution in [0.2, 0.25) is 0 Å². The molecule has 0 aliphatic carbocycles. The van der Waals surface area contributed by atoms with Gasteiger partial charge in [0.1, 0.15) is 22.8 Å². The van der Waals surface area contributed by atoms with Gasteiger partial charge < -0.3 is 0 Å². The zero-order valence-corrected chi connectivity index (χ0v) is 26.7. The van der Waals surface area contributed by atoms with Gasteiger partial charge >= 0.3 is 0 Å². The van der Waals surface area contributed by atoms with E-state index in [1.807, 2.05) is 121 Å². The maximum atomic E-state index is 4.95. The highest BCUT2D eigenvalue weighted by Crippen LogP contribution is 2.34. The average Bonchev–Trinajstić information content (AvgIpc) is 3.87. The highest BCUT2D eigenvalue weighted by atomic mass is 32.1. The highest BCUT2D eigenvalue weighted by molar-refractivity contribution is 7.18. The van der Waals surface area contributed by atoms with Crippen molar-refractivity contribution in [2.75, 3.05) is 0 Å². The van der Waals surface area contributed by atoms with Crippen molar-refractivity contribution in [3.8, 4) is 65.3 Å². The fourth-order valence-corrected chi connectivity index (χ4v) is 7.13. The minimum atomic E-state index is 0.739. The quantitative estimate of drug-likeness (QED) is 0.164. The predicted octanol–water partition coefficient (Wildman–Crippen LogP) is 9.28. The van der Waals surface area contributed by atoms with Gasteiger partial charge in [0.05, 0.1) is 22.4 Å². The Morgan fingerprint density at radius 1 is 0.292 bits per heavy atom. The highest BCUT2D eigenvalue weighted by Gasteiger charge is 2.15. The molecule has 0 amide bonds. The maximum absolute atomic E-state index is 4.95. The minimum Gasteiger partial charge on any atom is -0.245 e. The van der Waals surface area contributed by atoms with Crippen molar-refractivity contribution in [1.82, 2.24) is 40.3 Å². The van der Waals surface area contributed by atoms with Crippen LogP contribution in [0.5, 0.6) is 0 Å². The smallest absolute Gasteiger partial charge is 0.166 e. The standard InChI is InChI=1S/C38H22N8S2/c1-3-9-23(10-4-1)27-13-7-15-31(39-27)35-43-45-37(47-35)33-19-17-25-26-18-20-34(42-30(26)22-21-29(25)41-33)38-46-44-36(48-38)32-16-8-14-28(40-32)24-11-5-2-6-12-24/h1-22H. The van der Waals surface area contributed by atoms with Crippen LogP contribution in [0.15, 0.2) is 133 Å². The van der Waals surface area contributed by atoms with Gasteiger partial charge in [-0.3, -0.25) is 0 Å². The molecule has 0 fully saturated rings. The van der Waals surface area contributed by atoms with Gasteiger partial charge in [0, 0.05) is 21.9 Å². The van der Waals surface area contributed by atoms with Crippen molar-refractivity contribution in [2.24, 2.45) is 0 Å². The third-order valence-electron chi connectivity index (χ3n) is 7.90. The Morgan fingerprint density at radius 3 is 1.08 bits per heavy atom. The molecule has 0 unspecified atom stereocenters. The van der Waals surface area contributed by atoms with E-state index in [0.29, 0.717) is 0 Å². The van der Waals surface area contributed by atoms with Gasteiger partial charge in [-0.05, 0) is 60.7 Å². The Labute approximate surface area is 282 Å². The van der Waals surface area contributed by atoms with Gasteiger partial charge in [-0.1, -0.05) is 95.5 Å². The summed E-state index contributed by atoms with van der Waals surface area (Å²) in [7, 11) is 0. The van der Waals surface area contributed by atoms with Crippen LogP contribution >= 0.6 is 22.7 Å². The Hall–Kier alpha value is -6.10. The summed E-state index contributed by atoms with van der Waals surface area (Å²) in [6.07, 6.45) is 0. The molecule has 0 spiro atoms. The van der Waals surface area contributed by atoms with E-state index in [2.05, 4.69) is 32.5 Å². The van der Waals surface area contributed by atoms with Crippen LogP contribution < -0.4 is 0 Å². The Morgan fingerprint density at radius 2 is 0.667 bits per heavy atom. The molecule has 48 heavy (non-hydrogen) atoms. The van der Waals surface area contributed by atoms with E-state index < -0.39 is 0 Å². The first kappa shape index (κ1) is 28.1. The number of hydrogen-bond acceptors (Lipinski definition) is 10. The van der Waals surface area contributed by atoms with Gasteiger partial charge in [0.2, 0.25) is 0 Å². The molecule has 3 aromatic carbocycles. The van der Waals surface area contributed by atoms with Gasteiger partial charge in [0.15, 0.2) is 20.0 Å². The molecular weight excluding hydrogens is 633 g/mol. The number of nitrogens with zero attached hydrogens (tertiary/aromatic N) is 8. The Kier molecular flexibility index (Phi) is 6.99. The first-order valence-electron chi connectivity index (χ1n) is 15.2. The van der Waals surface area contributed by atoms with Crippen LogP contribution in [0.4, 0.5) is 0 Å². The van der Waals surface area contributed by atoms with Crippen molar-refractivity contribution in [3.63, 3.8) is 0 Å². The molecule has 0 saturated heterocycles. The lowest BCUT2D eigenvalue weighted by Gasteiger charge is -2.05. The van der Waals surface area contributed by atoms with Crippen LogP contribution in [-0.4, -0.2) is 40.3 Å². The number of benzene rings is 3. The van der Waals surface area contributed by atoms with E-state index in [4.69, 9.17) is 19.9 Å². The molecule has 9 rings (SSSR count). The molecule has 0 bridgehead atoms. The largest absolute Gasteiger partial charge is 0.245 e. The topological polar surface area (TPSA) is 103 Å². The minimum absolute atomic E-state index is 0.739. The summed E-state index contributed by atoms with van der Waals surface area (Å²) >= 11 is 2.96. The number of aromatic nitrogens is 8. The molecule has 9 aromatic rings. The third-order valence-corrected chi connectivity index (χ3v) is 9.84. The summed E-state index contributed by atoms with van der Waals surface area (Å²) in [4.78, 5) is 19.6. The zero-order chi connectivity index (χ0) is 31.9. The van der Waals surface area contributed by atoms with Gasteiger partial charge in [-0.15, -0.1) is 20.4 Å². The van der Waals surface area contributed by atoms with Crippen LogP contribution in [0.25, 0.3) is 87.1 Å². The van der Waals surface area contributed by atoms with E-state index >= 15 is 0 Å². The first-order valence-corrected chi connectivity index (χ1v) is 16.8. The van der Waals surface area contributed by atoms with E-state index in [1.54, 1.807) is 0 Å². The summed E-state index contributed by atoms with van der Waals surface area (Å²) in [6, 6.07) is 44.3. The van der Waals surface area contributed by atoms with Crippen LogP contribution in [0.1, 0.15) is 0 Å². The SMILES string of the molecule is c1ccc(-c2cccc(-c3nnc(-c4ccc5c(ccc6nc(-c7nnc(-c8cccc(-c9ccccc9)n8)s7)ccc65)n4)s3)n2)cc1. The van der Waals surface area contributed by atoms with Gasteiger partial charge in [-0.25, -0.2) is 19.9 Å². The number of fused-ring (bicyclic) bond motifs is 3. The van der Waals surface area contributed by atoms with E-state index in [0.717, 1.165) is 87.1 Å². The van der Waals surface area contributed by atoms with Gasteiger partial charge in [-0.2, -0.15) is 0 Å².